The number of hydrogen-bond donors (Lipinski definition) is 0. The number of rotatable bonds is 4. The largest absolute Gasteiger partial charge is 0.586 e. The van der Waals surface area contributed by atoms with Gasteiger partial charge >= 0.3 is 12.7 Å². The van der Waals surface area contributed by atoms with E-state index in [9.17, 15) is 22.0 Å². The van der Waals surface area contributed by atoms with Gasteiger partial charge in [0.15, 0.2) is 11.5 Å². The summed E-state index contributed by atoms with van der Waals surface area (Å²) in [7, 11) is 0. The zero-order valence-corrected chi connectivity index (χ0v) is 28.1. The zero-order chi connectivity index (χ0) is 33.8. The summed E-state index contributed by atoms with van der Waals surface area (Å²) in [6.07, 6.45) is -8.20. The summed E-state index contributed by atoms with van der Waals surface area (Å²) in [5.74, 6) is -0.00110. The molecular weight excluding hydrogens is 672 g/mol. The molecule has 0 fully saturated rings. The van der Waals surface area contributed by atoms with Crippen LogP contribution in [0.5, 0.6) is 17.2 Å². The first kappa shape index (κ1) is 34.2. The lowest BCUT2D eigenvalue weighted by molar-refractivity contribution is -0.286. The Kier molecular flexibility index (Phi) is 10.4. The molecule has 3 aromatic carbocycles. The molecule has 0 bridgehead atoms. The quantitative estimate of drug-likeness (QED) is 0.171. The minimum absolute atomic E-state index is 0.0836. The molecule has 0 spiro atoms. The highest BCUT2D eigenvalue weighted by Crippen LogP contribution is 2.48. The Balaban J connectivity index is 0.000000140. The van der Waals surface area contributed by atoms with Crippen LogP contribution in [0.1, 0.15) is 22.3 Å². The van der Waals surface area contributed by atoms with E-state index >= 15 is 0 Å². The highest BCUT2D eigenvalue weighted by atomic mass is 32.1. The second-order valence-electron chi connectivity index (χ2n) is 10.5. The molecule has 0 atom stereocenters. The predicted molar refractivity (Wildman–Crippen MR) is 181 cm³/mol. The molecule has 1 aliphatic rings. The van der Waals surface area contributed by atoms with Gasteiger partial charge in [-0.25, -0.2) is 0 Å². The second-order valence-corrected chi connectivity index (χ2v) is 13.3. The van der Waals surface area contributed by atoms with Crippen LogP contribution in [0.3, 0.4) is 0 Å². The maximum absolute atomic E-state index is 13.0. The fourth-order valence-corrected chi connectivity index (χ4v) is 7.47. The Morgan fingerprint density at radius 3 is 1.55 bits per heavy atom. The van der Waals surface area contributed by atoms with Crippen LogP contribution in [0.4, 0.5) is 22.0 Å². The molecule has 47 heavy (non-hydrogen) atoms. The van der Waals surface area contributed by atoms with E-state index in [1.54, 1.807) is 35.6 Å². The van der Waals surface area contributed by atoms with Gasteiger partial charge in [-0.15, -0.1) is 56.0 Å². The molecule has 0 radical (unpaired) electrons. The third-order valence-corrected chi connectivity index (χ3v) is 10.1. The molecule has 3 nitrogen and oxygen atoms in total. The van der Waals surface area contributed by atoms with Crippen LogP contribution < -0.4 is 14.2 Å². The van der Waals surface area contributed by atoms with Gasteiger partial charge in [-0.2, -0.15) is 0 Å². The van der Waals surface area contributed by atoms with Crippen molar-refractivity contribution in [2.75, 3.05) is 0 Å². The molecule has 244 valence electrons. The van der Waals surface area contributed by atoms with Crippen molar-refractivity contribution >= 4 is 34.0 Å². The van der Waals surface area contributed by atoms with E-state index in [2.05, 4.69) is 63.8 Å². The van der Waals surface area contributed by atoms with Gasteiger partial charge in [0.1, 0.15) is 5.75 Å². The molecule has 0 saturated heterocycles. The fourth-order valence-electron chi connectivity index (χ4n) is 4.65. The Hall–Kier alpha value is -4.19. The normalized spacial score (nSPS) is 12.9. The summed E-state index contributed by atoms with van der Waals surface area (Å²) < 4.78 is 74.7. The van der Waals surface area contributed by atoms with Crippen LogP contribution in [0.25, 0.3) is 31.3 Å². The first-order chi connectivity index (χ1) is 22.3. The first-order valence-corrected chi connectivity index (χ1v) is 16.9. The summed E-state index contributed by atoms with van der Waals surface area (Å²) in [5.41, 5.74) is 7.70. The van der Waals surface area contributed by atoms with E-state index < -0.39 is 12.7 Å². The van der Waals surface area contributed by atoms with E-state index in [1.807, 2.05) is 48.1 Å². The SMILES string of the molecule is Cc1ccc(-c2sccc2C)cc1.Cc1ccsc1-c1ccc(OC(F)(F)F)cc1.Cc1ccsc1-c1cccc2c1OC(F)(F)O2. The maximum Gasteiger partial charge on any atom is 0.586 e. The number of thiophene rings is 3. The van der Waals surface area contributed by atoms with Gasteiger partial charge in [0.05, 0.1) is 0 Å². The highest BCUT2D eigenvalue weighted by molar-refractivity contribution is 7.14. The van der Waals surface area contributed by atoms with Gasteiger partial charge in [-0.3, -0.25) is 0 Å². The molecule has 0 amide bonds. The van der Waals surface area contributed by atoms with Gasteiger partial charge in [-0.05, 0) is 126 Å². The van der Waals surface area contributed by atoms with Gasteiger partial charge in [0, 0.05) is 20.2 Å². The highest BCUT2D eigenvalue weighted by Gasteiger charge is 2.44. The number of para-hydroxylation sites is 1. The molecule has 6 aromatic rings. The minimum Gasteiger partial charge on any atom is -0.406 e. The number of ether oxygens (including phenoxy) is 3. The van der Waals surface area contributed by atoms with E-state index in [0.717, 1.165) is 26.4 Å². The lowest BCUT2D eigenvalue weighted by Gasteiger charge is -2.09. The Bertz CT molecular complexity index is 1920. The number of fused-ring (bicyclic) bond motifs is 1. The Morgan fingerprint density at radius 2 is 1.09 bits per heavy atom. The summed E-state index contributed by atoms with van der Waals surface area (Å²) >= 11 is 4.86. The minimum atomic E-state index is -4.64. The van der Waals surface area contributed by atoms with Crippen LogP contribution >= 0.6 is 34.0 Å². The van der Waals surface area contributed by atoms with Crippen molar-refractivity contribution in [2.24, 2.45) is 0 Å². The molecule has 0 N–H and O–H groups in total. The van der Waals surface area contributed by atoms with E-state index in [0.29, 0.717) is 5.56 Å². The van der Waals surface area contributed by atoms with Gasteiger partial charge in [0.25, 0.3) is 0 Å². The van der Waals surface area contributed by atoms with Gasteiger partial charge in [0.2, 0.25) is 0 Å². The van der Waals surface area contributed by atoms with E-state index in [4.69, 9.17) is 0 Å². The zero-order valence-electron chi connectivity index (χ0n) is 25.7. The topological polar surface area (TPSA) is 27.7 Å². The van der Waals surface area contributed by atoms with E-state index in [-0.39, 0.29) is 17.2 Å². The molecule has 0 saturated carbocycles. The average molecular weight is 701 g/mol. The summed E-state index contributed by atoms with van der Waals surface area (Å²) in [4.78, 5) is 3.37. The van der Waals surface area contributed by atoms with Crippen LogP contribution in [0.15, 0.2) is 101 Å². The number of halogens is 5. The monoisotopic (exact) mass is 700 g/mol. The van der Waals surface area contributed by atoms with Gasteiger partial charge < -0.3 is 14.2 Å². The lowest BCUT2D eigenvalue weighted by Crippen LogP contribution is -2.26. The molecule has 11 heteroatoms. The second kappa shape index (κ2) is 14.3. The van der Waals surface area contributed by atoms with Crippen molar-refractivity contribution in [3.05, 3.63) is 123 Å². The molecule has 7 rings (SSSR count). The Morgan fingerprint density at radius 1 is 0.596 bits per heavy atom. The Labute approximate surface area is 281 Å². The van der Waals surface area contributed by atoms with E-state index in [1.165, 1.54) is 51.1 Å². The van der Waals surface area contributed by atoms with Crippen LogP contribution in [-0.2, 0) is 0 Å². The number of aryl methyl sites for hydroxylation is 4. The first-order valence-electron chi connectivity index (χ1n) is 14.2. The number of benzene rings is 3. The number of hydrogen-bond acceptors (Lipinski definition) is 6. The maximum atomic E-state index is 13.0. The fraction of sp³-hybridized carbons (Fsp3) is 0.167. The van der Waals surface area contributed by atoms with Crippen LogP contribution in [0.2, 0.25) is 0 Å². The van der Waals surface area contributed by atoms with Crippen molar-refractivity contribution in [3.8, 4) is 48.6 Å². The van der Waals surface area contributed by atoms with Crippen molar-refractivity contribution in [2.45, 2.75) is 40.4 Å². The summed E-state index contributed by atoms with van der Waals surface area (Å²) in [5, 5.41) is 6.01. The van der Waals surface area contributed by atoms with Crippen molar-refractivity contribution < 1.29 is 36.2 Å². The lowest BCUT2D eigenvalue weighted by atomic mass is 10.1. The number of alkyl halides is 5. The predicted octanol–water partition coefficient (Wildman–Crippen LogP) is 12.7. The third-order valence-electron chi connectivity index (χ3n) is 6.92. The summed E-state index contributed by atoms with van der Waals surface area (Å²) in [6, 6.07) is 25.6. The standard InChI is InChI=1S/C12H9F3OS.C12H8F2O2S.C12H12S/c1-8-6-7-17-11(8)9-2-4-10(5-3-9)16-12(13,14)15;1-7-5-6-17-11(7)8-3-2-4-9-10(8)16-12(13,14)15-9;1-9-3-5-11(6-4-9)12-10(2)7-8-13-12/h2-7H,1H3;2-6H,1H3;3-8H,1-2H3. The molecule has 0 unspecified atom stereocenters. The van der Waals surface area contributed by atoms with Gasteiger partial charge in [-0.1, -0.05) is 35.9 Å². The molecular formula is C36H29F5O3S3. The van der Waals surface area contributed by atoms with Crippen molar-refractivity contribution in [1.82, 2.24) is 0 Å². The van der Waals surface area contributed by atoms with Crippen molar-refractivity contribution in [1.29, 1.82) is 0 Å². The average Bonchev–Trinajstić information content (AvgIpc) is 3.80. The molecule has 1 aliphatic heterocycles. The molecule has 4 heterocycles. The molecule has 3 aromatic heterocycles. The molecule has 0 aliphatic carbocycles. The van der Waals surface area contributed by atoms with Crippen molar-refractivity contribution in [3.63, 3.8) is 0 Å². The van der Waals surface area contributed by atoms with Crippen LogP contribution in [-0.4, -0.2) is 12.7 Å². The summed E-state index contributed by atoms with van der Waals surface area (Å²) in [6.45, 7) is 8.17. The third kappa shape index (κ3) is 8.79. The van der Waals surface area contributed by atoms with Crippen LogP contribution in [0, 0.1) is 27.7 Å². The smallest absolute Gasteiger partial charge is 0.406 e.